The summed E-state index contributed by atoms with van der Waals surface area (Å²) in [6.45, 7) is 6.11. The SMILES string of the molecule is CCOC(=O)CCNC(=O)[C@@H]1O[P](O)(OC[C@H]2O[C@@H](n3cnc4c(N)nc(N)nc43)[C@](C)(O)[C@@H]2O)OCC1(C)C. The number of hydrogen-bond donors (Lipinski definition) is 6. The lowest BCUT2D eigenvalue weighted by atomic mass is 9.87. The number of aromatic nitrogens is 4. The Bertz CT molecular complexity index is 1260. The zero-order valence-electron chi connectivity index (χ0n) is 22.5. The van der Waals surface area contributed by atoms with Gasteiger partial charge in [-0.05, 0) is 13.8 Å². The van der Waals surface area contributed by atoms with Crippen LogP contribution < -0.4 is 16.8 Å². The highest BCUT2D eigenvalue weighted by Crippen LogP contribution is 2.64. The third kappa shape index (κ3) is 5.96. The average Bonchev–Trinajstić information content (AvgIpc) is 3.38. The molecule has 1 radical (unpaired) electrons. The van der Waals surface area contributed by atoms with Gasteiger partial charge in [0.05, 0.1) is 32.6 Å². The molecule has 40 heavy (non-hydrogen) atoms. The molecule has 2 saturated heterocycles. The summed E-state index contributed by atoms with van der Waals surface area (Å²) < 4.78 is 28.7. The second-order valence-corrected chi connectivity index (χ2v) is 12.0. The second-order valence-electron chi connectivity index (χ2n) is 10.3. The van der Waals surface area contributed by atoms with Gasteiger partial charge in [-0.2, -0.15) is 9.97 Å². The minimum absolute atomic E-state index is 0.00984. The molecule has 2 aliphatic heterocycles. The standard InChI is InChI=1S/C22H35N7O10P/c1-5-35-12(30)6-7-25-18(32)15-21(2,3)9-37-40(34,39-15)36-8-11-14(31)22(4,33)19(38-11)29-10-26-13-16(23)27-20(24)28-17(13)29/h10-11,14-15,19,31,33-34H,5-9H2,1-4H3,(H,25,32)(H4,23,24,27,28)/t11-,14-,15+,19-,22-/m1/s1. The molecule has 17 nitrogen and oxygen atoms in total. The molecule has 6 atom stereocenters. The van der Waals surface area contributed by atoms with Crippen LogP contribution in [-0.2, 0) is 32.6 Å². The van der Waals surface area contributed by atoms with Crippen LogP contribution in [0, 0.1) is 5.41 Å². The summed E-state index contributed by atoms with van der Waals surface area (Å²) in [5.41, 5.74) is 9.24. The topological polar surface area (TPSA) is 249 Å². The maximum absolute atomic E-state index is 12.8. The molecule has 2 aromatic rings. The number of imidazole rings is 1. The van der Waals surface area contributed by atoms with Crippen molar-refractivity contribution in [1.29, 1.82) is 0 Å². The fraction of sp³-hybridized carbons (Fsp3) is 0.682. The number of nitrogens with zero attached hydrogens (tertiary/aromatic N) is 4. The number of ether oxygens (including phenoxy) is 2. The molecule has 0 bridgehead atoms. The Labute approximate surface area is 229 Å². The lowest BCUT2D eigenvalue weighted by Gasteiger charge is -2.44. The molecule has 18 heteroatoms. The maximum Gasteiger partial charge on any atom is 0.378 e. The van der Waals surface area contributed by atoms with E-state index in [2.05, 4.69) is 20.3 Å². The van der Waals surface area contributed by atoms with Crippen LogP contribution in [-0.4, -0.2) is 96.8 Å². The Balaban J connectivity index is 1.43. The van der Waals surface area contributed by atoms with Crippen molar-refractivity contribution >= 4 is 43.0 Å². The van der Waals surface area contributed by atoms with Crippen molar-refractivity contribution in [3.63, 3.8) is 0 Å². The van der Waals surface area contributed by atoms with Crippen molar-refractivity contribution in [2.45, 2.75) is 64.3 Å². The molecule has 4 heterocycles. The molecule has 4 rings (SSSR count). The van der Waals surface area contributed by atoms with Crippen molar-refractivity contribution in [2.75, 3.05) is 37.8 Å². The van der Waals surface area contributed by atoms with Crippen molar-refractivity contribution in [1.82, 2.24) is 24.8 Å². The first kappa shape index (κ1) is 30.2. The van der Waals surface area contributed by atoms with Crippen LogP contribution in [0.5, 0.6) is 0 Å². The van der Waals surface area contributed by atoms with Gasteiger partial charge in [-0.25, -0.2) is 4.98 Å². The molecular weight excluding hydrogens is 553 g/mol. The number of amides is 1. The minimum Gasteiger partial charge on any atom is -0.466 e. The van der Waals surface area contributed by atoms with Gasteiger partial charge in [0.2, 0.25) is 11.9 Å². The molecule has 8 N–H and O–H groups in total. The summed E-state index contributed by atoms with van der Waals surface area (Å²) >= 11 is 0. The van der Waals surface area contributed by atoms with E-state index in [4.69, 9.17) is 34.5 Å². The monoisotopic (exact) mass is 588 g/mol. The summed E-state index contributed by atoms with van der Waals surface area (Å²) in [7, 11) is -4.07. The third-order valence-corrected chi connectivity index (χ3v) is 8.00. The molecule has 0 aromatic carbocycles. The van der Waals surface area contributed by atoms with Crippen LogP contribution >= 0.6 is 8.17 Å². The smallest absolute Gasteiger partial charge is 0.378 e. The van der Waals surface area contributed by atoms with E-state index < -0.39 is 62.2 Å². The summed E-state index contributed by atoms with van der Waals surface area (Å²) in [6.07, 6.45) is -3.77. The molecule has 2 aliphatic rings. The van der Waals surface area contributed by atoms with Crippen LogP contribution in [0.15, 0.2) is 6.33 Å². The first-order valence-corrected chi connectivity index (χ1v) is 14.0. The summed E-state index contributed by atoms with van der Waals surface area (Å²) in [5, 5.41) is 24.6. The first-order chi connectivity index (χ1) is 18.7. The largest absolute Gasteiger partial charge is 0.466 e. The molecule has 0 spiro atoms. The highest BCUT2D eigenvalue weighted by Gasteiger charge is 2.55. The molecule has 2 fully saturated rings. The van der Waals surface area contributed by atoms with E-state index in [0.29, 0.717) is 0 Å². The van der Waals surface area contributed by atoms with Crippen LogP contribution in [0.4, 0.5) is 11.8 Å². The van der Waals surface area contributed by atoms with Gasteiger partial charge >= 0.3 is 14.1 Å². The summed E-state index contributed by atoms with van der Waals surface area (Å²) in [4.78, 5) is 47.5. The van der Waals surface area contributed by atoms with E-state index in [1.807, 2.05) is 0 Å². The van der Waals surface area contributed by atoms with Crippen molar-refractivity contribution in [3.8, 4) is 0 Å². The number of fused-ring (bicyclic) bond motifs is 1. The highest BCUT2D eigenvalue weighted by atomic mass is 31.2. The number of aliphatic hydroxyl groups is 2. The van der Waals surface area contributed by atoms with Crippen molar-refractivity contribution < 1.29 is 47.7 Å². The number of carbonyl (C=O) groups excluding carboxylic acids is 2. The number of rotatable bonds is 9. The van der Waals surface area contributed by atoms with Crippen molar-refractivity contribution in [3.05, 3.63) is 6.33 Å². The number of nitrogen functional groups attached to an aromatic ring is 2. The second kappa shape index (κ2) is 11.3. The van der Waals surface area contributed by atoms with Gasteiger partial charge in [-0.15, -0.1) is 0 Å². The van der Waals surface area contributed by atoms with E-state index in [-0.39, 0.29) is 49.1 Å². The molecular formula is C22H35N7O10P. The Morgan fingerprint density at radius 1 is 1.30 bits per heavy atom. The first-order valence-electron chi connectivity index (χ1n) is 12.5. The van der Waals surface area contributed by atoms with Gasteiger partial charge < -0.3 is 41.4 Å². The van der Waals surface area contributed by atoms with E-state index in [1.165, 1.54) is 17.8 Å². The predicted octanol–water partition coefficient (Wildman–Crippen LogP) is -0.802. The lowest BCUT2D eigenvalue weighted by molar-refractivity contribution is -0.146. The van der Waals surface area contributed by atoms with E-state index in [0.717, 1.165) is 0 Å². The van der Waals surface area contributed by atoms with Gasteiger partial charge in [-0.1, -0.05) is 13.8 Å². The normalized spacial score (nSPS) is 31.8. The van der Waals surface area contributed by atoms with Gasteiger partial charge in [-0.3, -0.25) is 27.7 Å². The number of aliphatic hydroxyl groups excluding tert-OH is 1. The minimum atomic E-state index is -4.07. The van der Waals surface area contributed by atoms with E-state index in [9.17, 15) is 24.7 Å². The Morgan fingerprint density at radius 2 is 2.02 bits per heavy atom. The molecule has 0 aliphatic carbocycles. The summed E-state index contributed by atoms with van der Waals surface area (Å²) in [6, 6.07) is 0. The molecule has 1 amide bonds. The maximum atomic E-state index is 12.8. The average molecular weight is 589 g/mol. The molecule has 223 valence electrons. The molecule has 2 aromatic heterocycles. The zero-order chi connectivity index (χ0) is 29.5. The quantitative estimate of drug-likeness (QED) is 0.155. The Morgan fingerprint density at radius 3 is 2.73 bits per heavy atom. The lowest BCUT2D eigenvalue weighted by Crippen LogP contribution is -2.51. The van der Waals surface area contributed by atoms with E-state index >= 15 is 0 Å². The van der Waals surface area contributed by atoms with Gasteiger partial charge in [0, 0.05) is 12.0 Å². The third-order valence-electron chi connectivity index (χ3n) is 6.59. The molecule has 1 unspecified atom stereocenters. The predicted molar refractivity (Wildman–Crippen MR) is 139 cm³/mol. The number of nitrogens with two attached hydrogens (primary N) is 2. The number of anilines is 2. The highest BCUT2D eigenvalue weighted by molar-refractivity contribution is 7.55. The van der Waals surface area contributed by atoms with Crippen LogP contribution in [0.2, 0.25) is 0 Å². The van der Waals surface area contributed by atoms with Crippen LogP contribution in [0.1, 0.15) is 40.3 Å². The van der Waals surface area contributed by atoms with Crippen molar-refractivity contribution in [2.24, 2.45) is 5.41 Å². The van der Waals surface area contributed by atoms with E-state index in [1.54, 1.807) is 20.8 Å². The fourth-order valence-electron chi connectivity index (χ4n) is 4.39. The van der Waals surface area contributed by atoms with Crippen LogP contribution in [0.3, 0.4) is 0 Å². The van der Waals surface area contributed by atoms with Gasteiger partial charge in [0.15, 0.2) is 23.8 Å². The number of esters is 1. The number of carbonyl (C=O) groups is 2. The Kier molecular flexibility index (Phi) is 8.50. The fourth-order valence-corrected chi connectivity index (χ4v) is 6.06. The van der Waals surface area contributed by atoms with Gasteiger partial charge in [0.25, 0.3) is 0 Å². The number of hydrogen-bond acceptors (Lipinski definition) is 15. The number of nitrogens with one attached hydrogen (secondary N) is 1. The molecule has 0 saturated carbocycles. The van der Waals surface area contributed by atoms with Gasteiger partial charge in [0.1, 0.15) is 23.3 Å². The Hall–Kier alpha value is -2.76. The summed E-state index contributed by atoms with van der Waals surface area (Å²) in [5.74, 6) is -1.13. The van der Waals surface area contributed by atoms with Crippen LogP contribution in [0.25, 0.3) is 11.2 Å². The zero-order valence-corrected chi connectivity index (χ0v) is 23.4.